The second-order valence-corrected chi connectivity index (χ2v) is 4.79. The van der Waals surface area contributed by atoms with E-state index in [1.165, 1.54) is 0 Å². The van der Waals surface area contributed by atoms with E-state index in [0.29, 0.717) is 24.5 Å². The standard InChI is InChI=1S/C12H20N4O3/c1-9-11(15-19-14-9)7-13-12(17)10-3-4-16(8-10)5-6-18-2/h10H,3-8H2,1-2H3,(H,13,17)/t10-/m0/s1. The summed E-state index contributed by atoms with van der Waals surface area (Å²) in [5, 5.41) is 10.3. The number of ether oxygens (including phenoxy) is 1. The molecule has 0 unspecified atom stereocenters. The summed E-state index contributed by atoms with van der Waals surface area (Å²) in [5.41, 5.74) is 1.40. The van der Waals surface area contributed by atoms with Crippen molar-refractivity contribution in [3.05, 3.63) is 11.4 Å². The van der Waals surface area contributed by atoms with Gasteiger partial charge in [0.2, 0.25) is 5.91 Å². The highest BCUT2D eigenvalue weighted by molar-refractivity contribution is 5.79. The summed E-state index contributed by atoms with van der Waals surface area (Å²) >= 11 is 0. The van der Waals surface area contributed by atoms with E-state index >= 15 is 0 Å². The normalized spacial score (nSPS) is 19.8. The van der Waals surface area contributed by atoms with Crippen molar-refractivity contribution < 1.29 is 14.2 Å². The molecule has 19 heavy (non-hydrogen) atoms. The van der Waals surface area contributed by atoms with Crippen LogP contribution in [0.5, 0.6) is 0 Å². The molecule has 7 nitrogen and oxygen atoms in total. The average Bonchev–Trinajstić information content (AvgIpc) is 3.03. The summed E-state index contributed by atoms with van der Waals surface area (Å²) in [5.74, 6) is 0.124. The molecule has 1 aromatic rings. The minimum absolute atomic E-state index is 0.0528. The molecule has 1 aliphatic rings. The number of amides is 1. The molecule has 0 aliphatic carbocycles. The molecular weight excluding hydrogens is 248 g/mol. The zero-order valence-corrected chi connectivity index (χ0v) is 11.4. The number of likely N-dealkylation sites (tertiary alicyclic amines) is 1. The second kappa shape index (κ2) is 6.63. The Morgan fingerprint density at radius 2 is 2.42 bits per heavy atom. The number of nitrogens with zero attached hydrogens (tertiary/aromatic N) is 3. The number of hydrogen-bond donors (Lipinski definition) is 1. The number of carbonyl (C=O) groups is 1. The van der Waals surface area contributed by atoms with Crippen molar-refractivity contribution in [1.29, 1.82) is 0 Å². The van der Waals surface area contributed by atoms with Crippen molar-refractivity contribution in [3.8, 4) is 0 Å². The van der Waals surface area contributed by atoms with Crippen LogP contribution in [0.25, 0.3) is 0 Å². The number of nitrogens with one attached hydrogen (secondary N) is 1. The number of rotatable bonds is 6. The lowest BCUT2D eigenvalue weighted by atomic mass is 10.1. The fourth-order valence-corrected chi connectivity index (χ4v) is 2.20. The average molecular weight is 268 g/mol. The van der Waals surface area contributed by atoms with Gasteiger partial charge in [0.1, 0.15) is 11.4 Å². The molecule has 0 radical (unpaired) electrons. The van der Waals surface area contributed by atoms with Gasteiger partial charge >= 0.3 is 0 Å². The van der Waals surface area contributed by atoms with E-state index in [0.717, 1.165) is 26.1 Å². The van der Waals surface area contributed by atoms with Crippen molar-refractivity contribution in [2.75, 3.05) is 33.4 Å². The van der Waals surface area contributed by atoms with Crippen molar-refractivity contribution in [1.82, 2.24) is 20.5 Å². The highest BCUT2D eigenvalue weighted by Crippen LogP contribution is 2.16. The number of aromatic nitrogens is 2. The van der Waals surface area contributed by atoms with Gasteiger partial charge in [0.05, 0.1) is 19.1 Å². The van der Waals surface area contributed by atoms with Gasteiger partial charge in [0.25, 0.3) is 0 Å². The van der Waals surface area contributed by atoms with Gasteiger partial charge < -0.3 is 15.0 Å². The van der Waals surface area contributed by atoms with Gasteiger partial charge in [0, 0.05) is 20.2 Å². The zero-order valence-electron chi connectivity index (χ0n) is 11.4. The fourth-order valence-electron chi connectivity index (χ4n) is 2.20. The summed E-state index contributed by atoms with van der Waals surface area (Å²) in [7, 11) is 1.69. The summed E-state index contributed by atoms with van der Waals surface area (Å²) in [6, 6.07) is 0. The van der Waals surface area contributed by atoms with Gasteiger partial charge in [-0.25, -0.2) is 4.63 Å². The Labute approximate surface area is 112 Å². The lowest BCUT2D eigenvalue weighted by molar-refractivity contribution is -0.124. The van der Waals surface area contributed by atoms with Gasteiger partial charge in [-0.3, -0.25) is 4.79 Å². The van der Waals surface area contributed by atoms with Crippen LogP contribution in [0.1, 0.15) is 17.8 Å². The molecule has 7 heteroatoms. The minimum atomic E-state index is 0.0528. The molecule has 2 heterocycles. The van der Waals surface area contributed by atoms with Crippen LogP contribution >= 0.6 is 0 Å². The Balaban J connectivity index is 1.74. The molecule has 0 bridgehead atoms. The molecule has 1 atom stereocenters. The molecule has 0 spiro atoms. The van der Waals surface area contributed by atoms with Crippen LogP contribution in [0, 0.1) is 12.8 Å². The SMILES string of the molecule is COCCN1CC[C@H](C(=O)NCc2nonc2C)C1. The lowest BCUT2D eigenvalue weighted by Gasteiger charge is -2.14. The maximum atomic E-state index is 12.0. The first kappa shape index (κ1) is 14.0. The highest BCUT2D eigenvalue weighted by atomic mass is 16.6. The molecule has 106 valence electrons. The smallest absolute Gasteiger partial charge is 0.224 e. The Hall–Kier alpha value is -1.47. The van der Waals surface area contributed by atoms with Crippen molar-refractivity contribution in [2.24, 2.45) is 5.92 Å². The first-order valence-electron chi connectivity index (χ1n) is 6.47. The maximum absolute atomic E-state index is 12.0. The number of hydrogen-bond acceptors (Lipinski definition) is 6. The van der Waals surface area contributed by atoms with E-state index in [9.17, 15) is 4.79 Å². The van der Waals surface area contributed by atoms with Crippen molar-refractivity contribution in [3.63, 3.8) is 0 Å². The number of aryl methyl sites for hydroxylation is 1. The molecule has 0 saturated carbocycles. The summed E-state index contributed by atoms with van der Waals surface area (Å²) in [4.78, 5) is 14.3. The van der Waals surface area contributed by atoms with E-state index in [1.807, 2.05) is 0 Å². The first-order chi connectivity index (χ1) is 9.20. The van der Waals surface area contributed by atoms with Crippen LogP contribution in [-0.2, 0) is 16.1 Å². The third-order valence-electron chi connectivity index (χ3n) is 3.43. The molecule has 1 N–H and O–H groups in total. The third-order valence-corrected chi connectivity index (χ3v) is 3.43. The lowest BCUT2D eigenvalue weighted by Crippen LogP contribution is -2.33. The van der Waals surface area contributed by atoms with E-state index < -0.39 is 0 Å². The zero-order chi connectivity index (χ0) is 13.7. The minimum Gasteiger partial charge on any atom is -0.383 e. The van der Waals surface area contributed by atoms with Crippen molar-refractivity contribution >= 4 is 5.91 Å². The van der Waals surface area contributed by atoms with E-state index in [-0.39, 0.29) is 11.8 Å². The molecule has 1 aliphatic heterocycles. The van der Waals surface area contributed by atoms with Crippen LogP contribution in [0.2, 0.25) is 0 Å². The van der Waals surface area contributed by atoms with E-state index in [1.54, 1.807) is 14.0 Å². The quantitative estimate of drug-likeness (QED) is 0.780. The maximum Gasteiger partial charge on any atom is 0.224 e. The summed E-state index contributed by atoms with van der Waals surface area (Å²) in [6.07, 6.45) is 0.894. The van der Waals surface area contributed by atoms with Crippen LogP contribution in [0.15, 0.2) is 4.63 Å². The van der Waals surface area contributed by atoms with E-state index in [2.05, 4.69) is 25.2 Å². The van der Waals surface area contributed by atoms with Crippen LogP contribution in [0.3, 0.4) is 0 Å². The predicted octanol–water partition coefficient (Wildman–Crippen LogP) is -0.0375. The molecule has 1 aromatic heterocycles. The van der Waals surface area contributed by atoms with Gasteiger partial charge in [-0.2, -0.15) is 0 Å². The van der Waals surface area contributed by atoms with Gasteiger partial charge in [-0.1, -0.05) is 10.3 Å². The largest absolute Gasteiger partial charge is 0.383 e. The topological polar surface area (TPSA) is 80.5 Å². The molecule has 1 saturated heterocycles. The molecule has 2 rings (SSSR count). The molecule has 1 fully saturated rings. The van der Waals surface area contributed by atoms with Gasteiger partial charge in [0.15, 0.2) is 0 Å². The first-order valence-corrected chi connectivity index (χ1v) is 6.47. The predicted molar refractivity (Wildman–Crippen MR) is 67.3 cm³/mol. The fraction of sp³-hybridized carbons (Fsp3) is 0.750. The summed E-state index contributed by atoms with van der Waals surface area (Å²) < 4.78 is 9.63. The Morgan fingerprint density at radius 3 is 3.11 bits per heavy atom. The molecular formula is C12H20N4O3. The van der Waals surface area contributed by atoms with Gasteiger partial charge in [-0.05, 0) is 19.9 Å². The van der Waals surface area contributed by atoms with Crippen LogP contribution in [-0.4, -0.2) is 54.5 Å². The summed E-state index contributed by atoms with van der Waals surface area (Å²) in [6.45, 7) is 5.52. The van der Waals surface area contributed by atoms with Crippen LogP contribution < -0.4 is 5.32 Å². The van der Waals surface area contributed by atoms with E-state index in [4.69, 9.17) is 4.74 Å². The third kappa shape index (κ3) is 3.74. The Bertz CT molecular complexity index is 421. The number of methoxy groups -OCH3 is 1. The highest BCUT2D eigenvalue weighted by Gasteiger charge is 2.27. The molecule has 0 aromatic carbocycles. The number of carbonyl (C=O) groups excluding carboxylic acids is 1. The van der Waals surface area contributed by atoms with Gasteiger partial charge in [-0.15, -0.1) is 0 Å². The Morgan fingerprint density at radius 1 is 1.58 bits per heavy atom. The monoisotopic (exact) mass is 268 g/mol. The Kier molecular flexibility index (Phi) is 4.86. The van der Waals surface area contributed by atoms with Crippen molar-refractivity contribution in [2.45, 2.75) is 19.9 Å². The van der Waals surface area contributed by atoms with Crippen LogP contribution in [0.4, 0.5) is 0 Å². The molecule has 1 amide bonds. The second-order valence-electron chi connectivity index (χ2n) is 4.79.